The van der Waals surface area contributed by atoms with Gasteiger partial charge in [-0.2, -0.15) is 0 Å². The molecule has 0 bridgehead atoms. The van der Waals surface area contributed by atoms with Crippen LogP contribution in [0, 0.1) is 5.92 Å². The number of aromatic hydroxyl groups is 1. The summed E-state index contributed by atoms with van der Waals surface area (Å²) in [5.41, 5.74) is 1.52. The predicted octanol–water partition coefficient (Wildman–Crippen LogP) is 2.64. The van der Waals surface area contributed by atoms with Crippen LogP contribution in [0.5, 0.6) is 5.75 Å². The number of phenols is 1. The molecule has 34 heavy (non-hydrogen) atoms. The summed E-state index contributed by atoms with van der Waals surface area (Å²) >= 11 is 0. The molecule has 1 amide bonds. The minimum atomic E-state index is -4.59. The number of phenolic OH excluding ortho intramolecular Hbond substituents is 1. The quantitative estimate of drug-likeness (QED) is 0.233. The molecule has 0 fully saturated rings. The van der Waals surface area contributed by atoms with Gasteiger partial charge in [-0.15, -0.1) is 0 Å². The normalized spacial score (nSPS) is 14.4. The minimum absolute atomic E-state index is 0.00825. The second-order valence-electron chi connectivity index (χ2n) is 8.75. The second-order valence-corrected chi connectivity index (χ2v) is 10.5. The summed E-state index contributed by atoms with van der Waals surface area (Å²) in [5, 5.41) is 24.3. The van der Waals surface area contributed by atoms with Gasteiger partial charge < -0.3 is 25.3 Å². The molecule has 0 aliphatic heterocycles. The van der Waals surface area contributed by atoms with Gasteiger partial charge in [0.15, 0.2) is 0 Å². The molecule has 2 aromatic rings. The van der Waals surface area contributed by atoms with Gasteiger partial charge in [-0.25, -0.2) is 4.79 Å². The standard InChI is InChI=1S/C24H33N2O7P/c1-16(2)14-20(25-22(34(31,32)33)13-10-17-6-4-3-5-7-17)23(28)26-21(24(29)30)15-18-8-11-19(27)12-9-18/h3-9,11-12,16,20-22,25,27H,10,13-15H2,1-2H3,(H,26,28)(H,29,30)(H2,31,32,33)/t20?,21-,22?/m0/s1. The highest BCUT2D eigenvalue weighted by Crippen LogP contribution is 2.42. The maximum absolute atomic E-state index is 13.0. The molecule has 0 saturated carbocycles. The van der Waals surface area contributed by atoms with E-state index in [9.17, 15) is 34.2 Å². The molecule has 0 aliphatic rings. The zero-order chi connectivity index (χ0) is 25.3. The first-order valence-corrected chi connectivity index (χ1v) is 12.8. The van der Waals surface area contributed by atoms with Crippen molar-refractivity contribution < 1.29 is 34.2 Å². The zero-order valence-corrected chi connectivity index (χ0v) is 20.2. The van der Waals surface area contributed by atoms with Crippen molar-refractivity contribution in [2.45, 2.75) is 57.4 Å². The maximum atomic E-state index is 13.0. The van der Waals surface area contributed by atoms with Crippen LogP contribution in [0.4, 0.5) is 0 Å². The Morgan fingerprint density at radius 2 is 1.56 bits per heavy atom. The number of aliphatic carboxylic acids is 1. The summed E-state index contributed by atoms with van der Waals surface area (Å²) in [7, 11) is -4.59. The minimum Gasteiger partial charge on any atom is -0.508 e. The third-order valence-corrected chi connectivity index (χ3v) is 6.58. The Bertz CT molecular complexity index is 977. The lowest BCUT2D eigenvalue weighted by Crippen LogP contribution is -2.53. The third kappa shape index (κ3) is 9.27. The highest BCUT2D eigenvalue weighted by atomic mass is 31.2. The number of hydrogen-bond acceptors (Lipinski definition) is 5. The summed E-state index contributed by atoms with van der Waals surface area (Å²) in [6.45, 7) is 3.73. The molecule has 3 atom stereocenters. The van der Waals surface area contributed by atoms with Crippen molar-refractivity contribution in [3.63, 3.8) is 0 Å². The van der Waals surface area contributed by atoms with Gasteiger partial charge in [0.1, 0.15) is 17.6 Å². The van der Waals surface area contributed by atoms with E-state index in [4.69, 9.17) is 0 Å². The molecule has 2 rings (SSSR count). The topological polar surface area (TPSA) is 156 Å². The van der Waals surface area contributed by atoms with Gasteiger partial charge in [0.25, 0.3) is 0 Å². The fourth-order valence-electron chi connectivity index (χ4n) is 3.59. The van der Waals surface area contributed by atoms with Gasteiger partial charge in [0.2, 0.25) is 5.91 Å². The maximum Gasteiger partial charge on any atom is 0.342 e. The number of rotatable bonds is 13. The lowest BCUT2D eigenvalue weighted by molar-refractivity contribution is -0.142. The van der Waals surface area contributed by atoms with E-state index in [1.54, 1.807) is 12.1 Å². The number of hydrogen-bond donors (Lipinski definition) is 6. The molecule has 2 unspecified atom stereocenters. The van der Waals surface area contributed by atoms with E-state index in [1.807, 2.05) is 44.2 Å². The van der Waals surface area contributed by atoms with Crippen LogP contribution in [-0.2, 0) is 27.0 Å². The monoisotopic (exact) mass is 492 g/mol. The third-order valence-electron chi connectivity index (χ3n) is 5.36. The molecule has 0 heterocycles. The van der Waals surface area contributed by atoms with Crippen molar-refractivity contribution >= 4 is 19.5 Å². The van der Waals surface area contributed by atoms with E-state index in [-0.39, 0.29) is 30.9 Å². The first-order valence-electron chi connectivity index (χ1n) is 11.1. The molecule has 10 heteroatoms. The number of amides is 1. The van der Waals surface area contributed by atoms with Crippen LogP contribution < -0.4 is 10.6 Å². The molecule has 0 aliphatic carbocycles. The van der Waals surface area contributed by atoms with Crippen LogP contribution in [0.1, 0.15) is 37.8 Å². The zero-order valence-electron chi connectivity index (χ0n) is 19.3. The number of nitrogens with one attached hydrogen (secondary N) is 2. The molecule has 0 aromatic heterocycles. The molecule has 2 aromatic carbocycles. The summed E-state index contributed by atoms with van der Waals surface area (Å²) in [6.07, 6.45) is 0.759. The summed E-state index contributed by atoms with van der Waals surface area (Å²) in [5.74, 6) is -3.09. The summed E-state index contributed by atoms with van der Waals surface area (Å²) < 4.78 is 12.2. The number of carbonyl (C=O) groups is 2. The van der Waals surface area contributed by atoms with E-state index >= 15 is 0 Å². The van der Waals surface area contributed by atoms with Gasteiger partial charge in [-0.05, 0) is 48.4 Å². The lowest BCUT2D eigenvalue weighted by Gasteiger charge is -2.28. The van der Waals surface area contributed by atoms with Crippen molar-refractivity contribution in [3.05, 3.63) is 65.7 Å². The SMILES string of the molecule is CC(C)CC(NC(CCc1ccccc1)P(=O)(O)O)C(=O)N[C@@H](Cc1ccc(O)cc1)C(=O)O. The van der Waals surface area contributed by atoms with Crippen molar-refractivity contribution in [2.75, 3.05) is 0 Å². The van der Waals surface area contributed by atoms with Gasteiger partial charge in [0, 0.05) is 6.42 Å². The fraction of sp³-hybridized carbons (Fsp3) is 0.417. The van der Waals surface area contributed by atoms with Crippen LogP contribution in [0.25, 0.3) is 0 Å². The Kier molecular flexibility index (Phi) is 10.3. The van der Waals surface area contributed by atoms with E-state index < -0.39 is 37.3 Å². The largest absolute Gasteiger partial charge is 0.508 e. The Balaban J connectivity index is 2.14. The van der Waals surface area contributed by atoms with Crippen molar-refractivity contribution in [2.24, 2.45) is 5.92 Å². The number of carboxylic acids is 1. The molecule has 0 saturated heterocycles. The van der Waals surface area contributed by atoms with Crippen LogP contribution in [0.15, 0.2) is 54.6 Å². The van der Waals surface area contributed by atoms with E-state index in [0.717, 1.165) is 5.56 Å². The second kappa shape index (κ2) is 12.7. The van der Waals surface area contributed by atoms with Crippen LogP contribution in [0.2, 0.25) is 0 Å². The number of carbonyl (C=O) groups excluding carboxylic acids is 1. The Morgan fingerprint density at radius 3 is 2.09 bits per heavy atom. The van der Waals surface area contributed by atoms with Gasteiger partial charge in [-0.1, -0.05) is 56.3 Å². The fourth-order valence-corrected chi connectivity index (χ4v) is 4.43. The van der Waals surface area contributed by atoms with Crippen molar-refractivity contribution in [1.82, 2.24) is 10.6 Å². The van der Waals surface area contributed by atoms with Gasteiger partial charge in [-0.3, -0.25) is 14.7 Å². The Labute approximate surface area is 199 Å². The highest BCUT2D eigenvalue weighted by molar-refractivity contribution is 7.52. The van der Waals surface area contributed by atoms with E-state index in [2.05, 4.69) is 10.6 Å². The summed E-state index contributed by atoms with van der Waals surface area (Å²) in [4.78, 5) is 44.6. The van der Waals surface area contributed by atoms with E-state index in [1.165, 1.54) is 12.1 Å². The molecule has 186 valence electrons. The Hall–Kier alpha value is -2.71. The first kappa shape index (κ1) is 27.5. The van der Waals surface area contributed by atoms with Gasteiger partial charge >= 0.3 is 13.6 Å². The average Bonchev–Trinajstić information content (AvgIpc) is 2.76. The Morgan fingerprint density at radius 1 is 0.941 bits per heavy atom. The smallest absolute Gasteiger partial charge is 0.342 e. The first-order chi connectivity index (χ1) is 16.0. The molecule has 6 N–H and O–H groups in total. The molecular weight excluding hydrogens is 459 g/mol. The average molecular weight is 493 g/mol. The highest BCUT2D eigenvalue weighted by Gasteiger charge is 2.34. The van der Waals surface area contributed by atoms with Crippen LogP contribution in [-0.4, -0.2) is 49.7 Å². The van der Waals surface area contributed by atoms with E-state index in [0.29, 0.717) is 12.0 Å². The molecular formula is C24H33N2O7P. The molecule has 0 spiro atoms. The molecule has 9 nitrogen and oxygen atoms in total. The van der Waals surface area contributed by atoms with Gasteiger partial charge in [0.05, 0.1) is 6.04 Å². The molecule has 0 radical (unpaired) electrons. The number of benzene rings is 2. The number of aryl methyl sites for hydroxylation is 1. The van der Waals surface area contributed by atoms with Crippen molar-refractivity contribution in [1.29, 1.82) is 0 Å². The van der Waals surface area contributed by atoms with Crippen LogP contribution >= 0.6 is 7.60 Å². The lowest BCUT2D eigenvalue weighted by atomic mass is 10.0. The van der Waals surface area contributed by atoms with Crippen LogP contribution in [0.3, 0.4) is 0 Å². The number of carboxylic acid groups (broad SMARTS) is 1. The predicted molar refractivity (Wildman–Crippen MR) is 128 cm³/mol. The van der Waals surface area contributed by atoms with Crippen molar-refractivity contribution in [3.8, 4) is 5.75 Å². The summed E-state index contributed by atoms with van der Waals surface area (Å²) in [6, 6.07) is 13.0.